The minimum absolute atomic E-state index is 0.329. The van der Waals surface area contributed by atoms with Crippen LogP contribution in [0.4, 0.5) is 0 Å². The van der Waals surface area contributed by atoms with Crippen molar-refractivity contribution in [2.45, 2.75) is 32.6 Å². The molecule has 0 aliphatic rings. The fourth-order valence-electron chi connectivity index (χ4n) is 2.25. The van der Waals surface area contributed by atoms with Gasteiger partial charge < -0.3 is 14.6 Å². The second-order valence-electron chi connectivity index (χ2n) is 5.17. The van der Waals surface area contributed by atoms with Crippen LogP contribution < -0.4 is 10.2 Å². The first kappa shape index (κ1) is 17.3. The summed E-state index contributed by atoms with van der Waals surface area (Å²) >= 11 is 0.969. The highest BCUT2D eigenvalue weighted by Gasteiger charge is 2.20. The van der Waals surface area contributed by atoms with E-state index in [0.717, 1.165) is 30.6 Å². The summed E-state index contributed by atoms with van der Waals surface area (Å²) in [4.78, 5) is 24.1. The first-order valence-electron chi connectivity index (χ1n) is 7.59. The third-order valence-electron chi connectivity index (χ3n) is 3.50. The number of hydrogen-bond acceptors (Lipinski definition) is 6. The normalized spacial score (nSPS) is 10.7. The molecule has 23 heavy (non-hydrogen) atoms. The lowest BCUT2D eigenvalue weighted by molar-refractivity contribution is 0.0597. The van der Waals surface area contributed by atoms with E-state index in [1.165, 1.54) is 13.5 Å². The lowest BCUT2D eigenvalue weighted by Crippen LogP contribution is -2.16. The molecule has 0 amide bonds. The Bertz CT molecular complexity index is 750. The molecule has 0 atom stereocenters. The van der Waals surface area contributed by atoms with Crippen molar-refractivity contribution in [3.63, 3.8) is 0 Å². The number of carbonyl (C=O) groups excluding carboxylic acids is 1. The Hall–Kier alpha value is -2.08. The van der Waals surface area contributed by atoms with Crippen LogP contribution in [0.3, 0.4) is 0 Å². The molecule has 0 aliphatic heterocycles. The number of carbonyl (C=O) groups is 1. The van der Waals surface area contributed by atoms with Crippen LogP contribution in [0, 0.1) is 0 Å². The number of esters is 1. The number of benzene rings is 1. The first-order valence-corrected chi connectivity index (χ1v) is 8.41. The highest BCUT2D eigenvalue weighted by atomic mass is 32.1. The fourth-order valence-corrected chi connectivity index (χ4v) is 3.14. The molecule has 5 nitrogen and oxygen atoms in total. The van der Waals surface area contributed by atoms with Gasteiger partial charge in [0.15, 0.2) is 10.6 Å². The summed E-state index contributed by atoms with van der Waals surface area (Å²) in [5, 5.41) is 9.89. The Kier molecular flexibility index (Phi) is 5.98. The van der Waals surface area contributed by atoms with Crippen LogP contribution in [-0.4, -0.2) is 24.8 Å². The second kappa shape index (κ2) is 7.97. The molecule has 2 rings (SSSR count). The SMILES string of the molecule is CCCCCCOc1ccc2sc(O)c(C(=O)OC)c(=O)c2c1. The summed E-state index contributed by atoms with van der Waals surface area (Å²) in [6.07, 6.45) is 4.41. The van der Waals surface area contributed by atoms with Gasteiger partial charge in [0.1, 0.15) is 5.75 Å². The van der Waals surface area contributed by atoms with Gasteiger partial charge in [0, 0.05) is 10.1 Å². The smallest absolute Gasteiger partial charge is 0.346 e. The van der Waals surface area contributed by atoms with Crippen molar-refractivity contribution < 1.29 is 19.4 Å². The molecule has 0 unspecified atom stereocenters. The largest absolute Gasteiger partial charge is 0.499 e. The zero-order valence-corrected chi connectivity index (χ0v) is 14.1. The van der Waals surface area contributed by atoms with Crippen LogP contribution in [0.25, 0.3) is 10.1 Å². The van der Waals surface area contributed by atoms with E-state index in [1.807, 2.05) is 0 Å². The average Bonchev–Trinajstić information content (AvgIpc) is 2.55. The van der Waals surface area contributed by atoms with Gasteiger partial charge in [0.25, 0.3) is 0 Å². The van der Waals surface area contributed by atoms with Gasteiger partial charge in [0.05, 0.1) is 13.7 Å². The third kappa shape index (κ3) is 4.01. The van der Waals surface area contributed by atoms with Crippen LogP contribution in [0.1, 0.15) is 43.0 Å². The lowest BCUT2D eigenvalue weighted by Gasteiger charge is -2.08. The number of rotatable bonds is 7. The zero-order chi connectivity index (χ0) is 16.8. The van der Waals surface area contributed by atoms with Crippen molar-refractivity contribution in [1.29, 1.82) is 0 Å². The molecule has 0 bridgehead atoms. The summed E-state index contributed by atoms with van der Waals surface area (Å²) in [5.41, 5.74) is -0.871. The fraction of sp³-hybridized carbons (Fsp3) is 0.412. The highest BCUT2D eigenvalue weighted by Crippen LogP contribution is 2.30. The predicted octanol–water partition coefficient (Wildman–Crippen LogP) is 3.71. The predicted molar refractivity (Wildman–Crippen MR) is 90.7 cm³/mol. The van der Waals surface area contributed by atoms with E-state index in [1.54, 1.807) is 18.2 Å². The molecule has 124 valence electrons. The van der Waals surface area contributed by atoms with Gasteiger partial charge in [-0.1, -0.05) is 37.5 Å². The average molecular weight is 336 g/mol. The van der Waals surface area contributed by atoms with Crippen molar-refractivity contribution in [3.8, 4) is 10.8 Å². The summed E-state index contributed by atoms with van der Waals surface area (Å²) in [5.74, 6) is -0.253. The summed E-state index contributed by atoms with van der Waals surface area (Å²) in [7, 11) is 1.17. The quantitative estimate of drug-likeness (QED) is 0.616. The van der Waals surface area contributed by atoms with Crippen LogP contribution >= 0.6 is 11.3 Å². The monoisotopic (exact) mass is 336 g/mol. The van der Waals surface area contributed by atoms with Crippen molar-refractivity contribution >= 4 is 27.4 Å². The Morgan fingerprint density at radius 2 is 2.04 bits per heavy atom. The van der Waals surface area contributed by atoms with Crippen LogP contribution in [-0.2, 0) is 4.74 Å². The maximum absolute atomic E-state index is 12.4. The molecule has 6 heteroatoms. The molecular formula is C17H20O5S. The molecule has 1 aromatic carbocycles. The maximum atomic E-state index is 12.4. The Balaban J connectivity index is 2.27. The summed E-state index contributed by atoms with van der Waals surface area (Å²) < 4.78 is 10.8. The molecule has 1 heterocycles. The minimum atomic E-state index is -0.837. The Morgan fingerprint density at radius 3 is 2.74 bits per heavy atom. The standard InChI is InChI=1S/C17H20O5S/c1-3-4-5-6-9-22-11-7-8-13-12(10-11)15(18)14(16(19)21-2)17(20)23-13/h7-8,10,20H,3-6,9H2,1-2H3. The van der Waals surface area contributed by atoms with Crippen molar-refractivity contribution in [2.24, 2.45) is 0 Å². The van der Waals surface area contributed by atoms with Gasteiger partial charge in [0.2, 0.25) is 5.43 Å². The maximum Gasteiger partial charge on any atom is 0.346 e. The van der Waals surface area contributed by atoms with Crippen LogP contribution in [0.5, 0.6) is 10.8 Å². The van der Waals surface area contributed by atoms with Gasteiger partial charge >= 0.3 is 5.97 Å². The number of aromatic hydroxyl groups is 1. The Labute approximate surface area is 138 Å². The number of fused-ring (bicyclic) bond motifs is 1. The minimum Gasteiger partial charge on any atom is -0.499 e. The van der Waals surface area contributed by atoms with E-state index >= 15 is 0 Å². The van der Waals surface area contributed by atoms with E-state index in [9.17, 15) is 14.7 Å². The van der Waals surface area contributed by atoms with Gasteiger partial charge in [-0.05, 0) is 24.6 Å². The van der Waals surface area contributed by atoms with Crippen molar-refractivity contribution in [1.82, 2.24) is 0 Å². The molecule has 0 saturated heterocycles. The summed E-state index contributed by atoms with van der Waals surface area (Å²) in [6, 6.07) is 5.08. The number of methoxy groups -OCH3 is 1. The van der Waals surface area contributed by atoms with Crippen LogP contribution in [0.15, 0.2) is 23.0 Å². The number of unbranched alkanes of at least 4 members (excludes halogenated alkanes) is 3. The first-order chi connectivity index (χ1) is 11.1. The van der Waals surface area contributed by atoms with Gasteiger partial charge in [-0.25, -0.2) is 4.79 Å². The molecule has 0 aliphatic carbocycles. The molecule has 2 aromatic rings. The van der Waals surface area contributed by atoms with Gasteiger partial charge in [-0.3, -0.25) is 4.79 Å². The highest BCUT2D eigenvalue weighted by molar-refractivity contribution is 7.20. The second-order valence-corrected chi connectivity index (χ2v) is 6.20. The number of ether oxygens (including phenoxy) is 2. The van der Waals surface area contributed by atoms with Crippen molar-refractivity contribution in [3.05, 3.63) is 34.0 Å². The third-order valence-corrected chi connectivity index (χ3v) is 4.47. The van der Waals surface area contributed by atoms with Crippen LogP contribution in [0.2, 0.25) is 0 Å². The van der Waals surface area contributed by atoms with E-state index in [4.69, 9.17) is 4.74 Å². The van der Waals surface area contributed by atoms with Gasteiger partial charge in [-0.2, -0.15) is 0 Å². The summed E-state index contributed by atoms with van der Waals surface area (Å²) in [6.45, 7) is 2.74. The molecule has 0 spiro atoms. The van der Waals surface area contributed by atoms with E-state index in [0.29, 0.717) is 22.4 Å². The Morgan fingerprint density at radius 1 is 1.26 bits per heavy atom. The van der Waals surface area contributed by atoms with E-state index < -0.39 is 11.4 Å². The molecule has 0 radical (unpaired) electrons. The van der Waals surface area contributed by atoms with E-state index in [-0.39, 0.29) is 10.6 Å². The zero-order valence-electron chi connectivity index (χ0n) is 13.3. The molecule has 1 N–H and O–H groups in total. The van der Waals surface area contributed by atoms with E-state index in [2.05, 4.69) is 11.7 Å². The molecule has 0 fully saturated rings. The number of hydrogen-bond donors (Lipinski definition) is 1. The molecule has 0 saturated carbocycles. The molecular weight excluding hydrogens is 316 g/mol. The molecule has 1 aromatic heterocycles. The lowest BCUT2D eigenvalue weighted by atomic mass is 10.2. The topological polar surface area (TPSA) is 72.8 Å². The van der Waals surface area contributed by atoms with Crippen molar-refractivity contribution in [2.75, 3.05) is 13.7 Å². The van der Waals surface area contributed by atoms with Gasteiger partial charge in [-0.15, -0.1) is 0 Å².